The molecule has 0 spiro atoms. The Kier molecular flexibility index (Phi) is 10.7. The number of phenols is 1. The molecule has 13 nitrogen and oxygen atoms in total. The molecule has 6 N–H and O–H groups in total. The average Bonchev–Trinajstić information content (AvgIpc) is 3.34. The predicted molar refractivity (Wildman–Crippen MR) is 182 cm³/mol. The highest BCUT2D eigenvalue weighted by Crippen LogP contribution is 2.40. The van der Waals surface area contributed by atoms with E-state index in [1.807, 2.05) is 0 Å². The van der Waals surface area contributed by atoms with Gasteiger partial charge in [0, 0.05) is 31.1 Å². The Bertz CT molecular complexity index is 1730. The van der Waals surface area contributed by atoms with Crippen LogP contribution < -0.4 is 26.6 Å². The van der Waals surface area contributed by atoms with Crippen molar-refractivity contribution in [2.24, 2.45) is 5.73 Å². The van der Waals surface area contributed by atoms with Crippen LogP contribution in [-0.2, 0) is 48.0 Å². The van der Waals surface area contributed by atoms with Gasteiger partial charge in [0.05, 0.1) is 5.69 Å². The number of nitrogens with two attached hydrogens (primary N) is 1. The standard InChI is InChI=1S/C36H43N5O8/c1-34(2,3)48-32(46)36(20-23-14-10-11-15-28(23)41(36)33(47)49-35(4,5)6)40-29(43)27(18-22-12-8-7-9-13-22)39-31(45)30(44)38-26-19-25(42)17-16-24(26)21-37/h7-17,19,27,42H,18,20-21,37H2,1-6H3,(H,38,44)(H,39,45)(H,40,43). The highest BCUT2D eigenvalue weighted by molar-refractivity contribution is 6.40. The van der Waals surface area contributed by atoms with E-state index in [1.54, 1.807) is 96.1 Å². The van der Waals surface area contributed by atoms with Gasteiger partial charge in [-0.1, -0.05) is 54.6 Å². The predicted octanol–water partition coefficient (Wildman–Crippen LogP) is 3.67. The molecule has 0 aromatic heterocycles. The van der Waals surface area contributed by atoms with E-state index in [2.05, 4.69) is 16.0 Å². The molecule has 13 heteroatoms. The summed E-state index contributed by atoms with van der Waals surface area (Å²) in [6, 6.07) is 18.2. The lowest BCUT2D eigenvalue weighted by Crippen LogP contribution is -2.70. The number of esters is 1. The molecular weight excluding hydrogens is 630 g/mol. The van der Waals surface area contributed by atoms with Gasteiger partial charge in [0.1, 0.15) is 23.0 Å². The van der Waals surface area contributed by atoms with Gasteiger partial charge in [-0.2, -0.15) is 0 Å². The minimum atomic E-state index is -2.13. The number of carbonyl (C=O) groups excluding carboxylic acids is 5. The van der Waals surface area contributed by atoms with Crippen molar-refractivity contribution in [3.05, 3.63) is 89.5 Å². The summed E-state index contributed by atoms with van der Waals surface area (Å²) in [5.41, 5.74) is 3.73. The van der Waals surface area contributed by atoms with Crippen LogP contribution in [0.3, 0.4) is 0 Å². The molecule has 3 aromatic rings. The fourth-order valence-electron chi connectivity index (χ4n) is 5.29. The Morgan fingerprint density at radius 2 is 1.51 bits per heavy atom. The summed E-state index contributed by atoms with van der Waals surface area (Å²) in [5.74, 6) is -4.27. The Morgan fingerprint density at radius 1 is 0.878 bits per heavy atom. The molecular formula is C36H43N5O8. The molecule has 3 aromatic carbocycles. The minimum absolute atomic E-state index is 0.0137. The Labute approximate surface area is 285 Å². The van der Waals surface area contributed by atoms with Gasteiger partial charge in [-0.15, -0.1) is 0 Å². The number of hydrogen-bond donors (Lipinski definition) is 5. The number of para-hydroxylation sites is 1. The second kappa shape index (κ2) is 14.4. The van der Waals surface area contributed by atoms with Crippen LogP contribution in [0.15, 0.2) is 72.8 Å². The molecule has 0 saturated carbocycles. The largest absolute Gasteiger partial charge is 0.508 e. The first-order valence-corrected chi connectivity index (χ1v) is 15.8. The van der Waals surface area contributed by atoms with E-state index in [1.165, 1.54) is 18.2 Å². The molecule has 0 saturated heterocycles. The first kappa shape index (κ1) is 36.4. The molecule has 0 fully saturated rings. The van der Waals surface area contributed by atoms with Gasteiger partial charge in [0.25, 0.3) is 0 Å². The van der Waals surface area contributed by atoms with E-state index in [4.69, 9.17) is 15.2 Å². The molecule has 0 radical (unpaired) electrons. The number of carbonyl (C=O) groups is 5. The lowest BCUT2D eigenvalue weighted by molar-refractivity contribution is -0.164. The molecule has 1 heterocycles. The summed E-state index contributed by atoms with van der Waals surface area (Å²) < 4.78 is 11.5. The van der Waals surface area contributed by atoms with Crippen LogP contribution in [0.4, 0.5) is 16.2 Å². The molecule has 4 rings (SSSR count). The van der Waals surface area contributed by atoms with Crippen LogP contribution in [-0.4, -0.2) is 57.8 Å². The summed E-state index contributed by atoms with van der Waals surface area (Å²) in [4.78, 5) is 69.9. The van der Waals surface area contributed by atoms with E-state index in [0.29, 0.717) is 22.4 Å². The summed E-state index contributed by atoms with van der Waals surface area (Å²) in [5, 5.41) is 17.5. The van der Waals surface area contributed by atoms with Crippen molar-refractivity contribution >= 4 is 41.2 Å². The van der Waals surface area contributed by atoms with Gasteiger partial charge >= 0.3 is 23.9 Å². The van der Waals surface area contributed by atoms with E-state index in [-0.39, 0.29) is 30.8 Å². The van der Waals surface area contributed by atoms with Crippen LogP contribution in [0.25, 0.3) is 0 Å². The van der Waals surface area contributed by atoms with Crippen LogP contribution in [0, 0.1) is 0 Å². The number of hydrogen-bond acceptors (Lipinski definition) is 9. The van der Waals surface area contributed by atoms with Crippen molar-refractivity contribution in [1.82, 2.24) is 10.6 Å². The number of amides is 4. The Morgan fingerprint density at radius 3 is 2.14 bits per heavy atom. The topological polar surface area (TPSA) is 189 Å². The van der Waals surface area contributed by atoms with Crippen LogP contribution in [0.5, 0.6) is 5.75 Å². The number of fused-ring (bicyclic) bond motifs is 1. The van der Waals surface area contributed by atoms with E-state index in [9.17, 15) is 29.1 Å². The fourth-order valence-corrected chi connectivity index (χ4v) is 5.29. The lowest BCUT2D eigenvalue weighted by Gasteiger charge is -2.39. The van der Waals surface area contributed by atoms with Crippen molar-refractivity contribution in [3.8, 4) is 5.75 Å². The first-order chi connectivity index (χ1) is 22.9. The number of anilines is 2. The normalized spacial score (nSPS) is 16.2. The Balaban J connectivity index is 1.73. The number of nitrogens with one attached hydrogen (secondary N) is 3. The first-order valence-electron chi connectivity index (χ1n) is 15.8. The average molecular weight is 674 g/mol. The monoisotopic (exact) mass is 673 g/mol. The van der Waals surface area contributed by atoms with E-state index < -0.39 is 52.7 Å². The van der Waals surface area contributed by atoms with Gasteiger partial charge in [0.15, 0.2) is 0 Å². The molecule has 0 bridgehead atoms. The van der Waals surface area contributed by atoms with Crippen LogP contribution >= 0.6 is 0 Å². The number of nitrogens with zero attached hydrogens (tertiary/aromatic N) is 1. The Hall–Kier alpha value is -5.43. The summed E-state index contributed by atoms with van der Waals surface area (Å²) in [6.07, 6.45) is -1.17. The minimum Gasteiger partial charge on any atom is -0.508 e. The number of aromatic hydroxyl groups is 1. The van der Waals surface area contributed by atoms with E-state index in [0.717, 1.165) is 4.90 Å². The smallest absolute Gasteiger partial charge is 0.417 e. The third-order valence-electron chi connectivity index (χ3n) is 7.38. The maximum Gasteiger partial charge on any atom is 0.417 e. The maximum atomic E-state index is 14.4. The molecule has 2 atom stereocenters. The van der Waals surface area contributed by atoms with Crippen molar-refractivity contribution in [3.63, 3.8) is 0 Å². The number of ether oxygens (including phenoxy) is 2. The third-order valence-corrected chi connectivity index (χ3v) is 7.38. The van der Waals surface area contributed by atoms with Gasteiger partial charge < -0.3 is 36.3 Å². The lowest BCUT2D eigenvalue weighted by atomic mass is 10.0. The highest BCUT2D eigenvalue weighted by Gasteiger charge is 2.57. The zero-order valence-electron chi connectivity index (χ0n) is 28.5. The SMILES string of the molecule is CC(C)(C)OC(=O)N1c2ccccc2CC1(NC(=O)C(Cc1ccccc1)NC(=O)C(=O)Nc1cc(O)ccc1CN)C(=O)OC(C)(C)C. The number of benzene rings is 3. The summed E-state index contributed by atoms with van der Waals surface area (Å²) in [7, 11) is 0. The fraction of sp³-hybridized carbons (Fsp3) is 0.361. The molecule has 2 unspecified atom stereocenters. The molecule has 49 heavy (non-hydrogen) atoms. The van der Waals surface area contributed by atoms with E-state index >= 15 is 0 Å². The maximum absolute atomic E-state index is 14.4. The van der Waals surface area contributed by atoms with Crippen molar-refractivity contribution in [2.45, 2.75) is 83.8 Å². The summed E-state index contributed by atoms with van der Waals surface area (Å²) >= 11 is 0. The number of rotatable bonds is 8. The van der Waals surface area contributed by atoms with Gasteiger partial charge in [-0.25, -0.2) is 14.5 Å². The van der Waals surface area contributed by atoms with Gasteiger partial charge in [-0.3, -0.25) is 14.4 Å². The van der Waals surface area contributed by atoms with Crippen LogP contribution in [0.2, 0.25) is 0 Å². The molecule has 1 aliphatic rings. The number of phenolic OH excluding ortho intramolecular Hbond substituents is 1. The zero-order valence-corrected chi connectivity index (χ0v) is 28.5. The van der Waals surface area contributed by atoms with Crippen molar-refractivity contribution < 1.29 is 38.6 Å². The molecule has 4 amide bonds. The summed E-state index contributed by atoms with van der Waals surface area (Å²) in [6.45, 7) is 9.98. The van der Waals surface area contributed by atoms with Crippen molar-refractivity contribution in [1.29, 1.82) is 0 Å². The second-order valence-electron chi connectivity index (χ2n) is 13.7. The van der Waals surface area contributed by atoms with Crippen LogP contribution in [0.1, 0.15) is 58.2 Å². The highest BCUT2D eigenvalue weighted by atomic mass is 16.6. The molecule has 0 aliphatic carbocycles. The molecule has 1 aliphatic heterocycles. The quantitative estimate of drug-likeness (QED) is 0.176. The van der Waals surface area contributed by atoms with Crippen molar-refractivity contribution in [2.75, 3.05) is 10.2 Å². The van der Waals surface area contributed by atoms with Gasteiger partial charge in [0.2, 0.25) is 11.6 Å². The second-order valence-corrected chi connectivity index (χ2v) is 13.7. The zero-order chi connectivity index (χ0) is 36.1. The third kappa shape index (κ3) is 8.93. The van der Waals surface area contributed by atoms with Gasteiger partial charge in [-0.05, 0) is 70.4 Å². The molecule has 260 valence electrons.